The number of carbonyl (C=O) groups is 1. The summed E-state index contributed by atoms with van der Waals surface area (Å²) in [6.45, 7) is 10.1. The summed E-state index contributed by atoms with van der Waals surface area (Å²) in [5, 5.41) is 0. The monoisotopic (exact) mass is 379 g/mol. The van der Waals surface area contributed by atoms with Gasteiger partial charge in [-0.2, -0.15) is 0 Å². The summed E-state index contributed by atoms with van der Waals surface area (Å²) >= 11 is 0. The summed E-state index contributed by atoms with van der Waals surface area (Å²) in [5.74, 6) is -0.209. The van der Waals surface area contributed by atoms with Gasteiger partial charge >= 0.3 is 0 Å². The minimum atomic E-state index is -0.481. The molecule has 0 aliphatic heterocycles. The fourth-order valence-corrected chi connectivity index (χ4v) is 3.70. The first-order chi connectivity index (χ1) is 12.8. The van der Waals surface area contributed by atoms with Crippen molar-refractivity contribution < 1.29 is 9.18 Å². The average molecular weight is 380 g/mol. The second-order valence-corrected chi connectivity index (χ2v) is 7.94. The third-order valence-electron chi connectivity index (χ3n) is 5.58. The van der Waals surface area contributed by atoms with E-state index in [0.717, 1.165) is 37.5 Å². The molecule has 0 aliphatic rings. The molecule has 0 aliphatic carbocycles. The number of aldehydes is 1. The van der Waals surface area contributed by atoms with Crippen molar-refractivity contribution in [2.75, 3.05) is 20.3 Å². The van der Waals surface area contributed by atoms with Crippen molar-refractivity contribution in [3.05, 3.63) is 35.6 Å². The van der Waals surface area contributed by atoms with Gasteiger partial charge in [0.2, 0.25) is 0 Å². The molecule has 1 aromatic rings. The maximum atomic E-state index is 13.5. The molecule has 154 valence electrons. The molecule has 0 aromatic heterocycles. The topological polar surface area (TPSA) is 49.6 Å². The molecule has 0 heterocycles. The second-order valence-electron chi connectivity index (χ2n) is 7.94. The molecule has 0 saturated carbocycles. The van der Waals surface area contributed by atoms with Gasteiger partial charge in [-0.3, -0.25) is 9.80 Å². The number of unbranched alkanes of at least 4 members (excludes halogenated alkanes) is 2. The van der Waals surface area contributed by atoms with Crippen LogP contribution in [0.5, 0.6) is 0 Å². The Labute approximate surface area is 164 Å². The molecule has 5 heteroatoms. The summed E-state index contributed by atoms with van der Waals surface area (Å²) < 4.78 is 13.5. The van der Waals surface area contributed by atoms with E-state index in [9.17, 15) is 9.18 Å². The lowest BCUT2D eigenvalue weighted by molar-refractivity contribution is -0.109. The van der Waals surface area contributed by atoms with Crippen molar-refractivity contribution >= 4 is 6.29 Å². The molecule has 27 heavy (non-hydrogen) atoms. The third kappa shape index (κ3) is 6.98. The van der Waals surface area contributed by atoms with Crippen LogP contribution in [0.15, 0.2) is 24.3 Å². The van der Waals surface area contributed by atoms with Crippen LogP contribution in [0.25, 0.3) is 0 Å². The van der Waals surface area contributed by atoms with Gasteiger partial charge in [0.25, 0.3) is 0 Å². The van der Waals surface area contributed by atoms with E-state index in [1.165, 1.54) is 6.42 Å². The fourth-order valence-electron chi connectivity index (χ4n) is 3.70. The highest BCUT2D eigenvalue weighted by molar-refractivity contribution is 5.57. The summed E-state index contributed by atoms with van der Waals surface area (Å²) in [6, 6.07) is 6.78. The number of nitrogens with two attached hydrogens (primary N) is 1. The van der Waals surface area contributed by atoms with Gasteiger partial charge in [0.05, 0.1) is 12.7 Å². The molecule has 0 amide bonds. The van der Waals surface area contributed by atoms with E-state index in [1.54, 1.807) is 12.1 Å². The van der Waals surface area contributed by atoms with Crippen molar-refractivity contribution in [3.8, 4) is 0 Å². The minimum absolute atomic E-state index is 0.209. The average Bonchev–Trinajstić information content (AvgIpc) is 2.65. The van der Waals surface area contributed by atoms with E-state index >= 15 is 0 Å². The highest BCUT2D eigenvalue weighted by Crippen LogP contribution is 2.36. The SMILES string of the molecule is CCCCCC(C)(c1ccc(F)cc1)N(CN(C)CC(N)C=O)C(C)CC. The van der Waals surface area contributed by atoms with Gasteiger partial charge in [-0.25, -0.2) is 4.39 Å². The summed E-state index contributed by atoms with van der Waals surface area (Å²) in [6.07, 6.45) is 6.27. The molecule has 0 fully saturated rings. The first-order valence-electron chi connectivity index (χ1n) is 10.2. The maximum Gasteiger partial charge on any atom is 0.137 e. The molecule has 3 unspecified atom stereocenters. The number of carbonyl (C=O) groups excluding carboxylic acids is 1. The number of likely N-dealkylation sites (N-methyl/N-ethyl adjacent to an activating group) is 1. The standard InChI is InChI=1S/C22H38FN3O/c1-6-8-9-14-22(4,19-10-12-20(23)13-11-19)26(18(3)7-2)17-25(5)15-21(24)16-27/h10-13,16,18,21H,6-9,14-15,17,24H2,1-5H3. The lowest BCUT2D eigenvalue weighted by atomic mass is 9.83. The summed E-state index contributed by atoms with van der Waals surface area (Å²) in [7, 11) is 2.00. The van der Waals surface area contributed by atoms with Gasteiger partial charge in [-0.1, -0.05) is 45.2 Å². The van der Waals surface area contributed by atoms with Crippen molar-refractivity contribution in [2.45, 2.75) is 77.4 Å². The molecule has 4 nitrogen and oxygen atoms in total. The molecule has 2 N–H and O–H groups in total. The summed E-state index contributed by atoms with van der Waals surface area (Å²) in [5.41, 5.74) is 6.75. The molecule has 0 bridgehead atoms. The maximum absolute atomic E-state index is 13.5. The van der Waals surface area contributed by atoms with Crippen LogP contribution in [0, 0.1) is 5.82 Å². The van der Waals surface area contributed by atoms with Crippen molar-refractivity contribution in [2.24, 2.45) is 5.73 Å². The number of benzene rings is 1. The number of hydrogen-bond acceptors (Lipinski definition) is 4. The van der Waals surface area contributed by atoms with Gasteiger partial charge in [0.1, 0.15) is 12.1 Å². The molecular weight excluding hydrogens is 341 g/mol. The zero-order valence-electron chi connectivity index (χ0n) is 17.7. The predicted molar refractivity (Wildman–Crippen MR) is 111 cm³/mol. The number of nitrogens with zero attached hydrogens (tertiary/aromatic N) is 2. The van der Waals surface area contributed by atoms with Crippen molar-refractivity contribution in [1.82, 2.24) is 9.80 Å². The molecule has 0 saturated heterocycles. The molecular formula is C22H38FN3O. The van der Waals surface area contributed by atoms with Gasteiger partial charge in [-0.15, -0.1) is 0 Å². The molecule has 3 atom stereocenters. The van der Waals surface area contributed by atoms with Crippen LogP contribution in [-0.2, 0) is 10.3 Å². The second kappa shape index (κ2) is 11.5. The van der Waals surface area contributed by atoms with Gasteiger partial charge in [-0.05, 0) is 51.4 Å². The van der Waals surface area contributed by atoms with Crippen LogP contribution in [0.2, 0.25) is 0 Å². The molecule has 1 aromatic carbocycles. The van der Waals surface area contributed by atoms with E-state index in [0.29, 0.717) is 19.3 Å². The Morgan fingerprint density at radius 2 is 1.85 bits per heavy atom. The van der Waals surface area contributed by atoms with E-state index < -0.39 is 6.04 Å². The Morgan fingerprint density at radius 3 is 2.37 bits per heavy atom. The zero-order chi connectivity index (χ0) is 20.4. The Balaban J connectivity index is 3.19. The van der Waals surface area contributed by atoms with Crippen molar-refractivity contribution in [3.63, 3.8) is 0 Å². The largest absolute Gasteiger partial charge is 0.321 e. The van der Waals surface area contributed by atoms with Crippen LogP contribution < -0.4 is 5.73 Å². The van der Waals surface area contributed by atoms with Crippen LogP contribution in [0.3, 0.4) is 0 Å². The number of rotatable bonds is 13. The summed E-state index contributed by atoms with van der Waals surface area (Å²) in [4.78, 5) is 15.5. The Bertz CT molecular complexity index is 551. The lowest BCUT2D eigenvalue weighted by Crippen LogP contribution is -2.54. The zero-order valence-corrected chi connectivity index (χ0v) is 17.7. The molecule has 0 radical (unpaired) electrons. The van der Waals surface area contributed by atoms with Gasteiger partial charge < -0.3 is 10.5 Å². The number of halogens is 1. The van der Waals surface area contributed by atoms with Crippen LogP contribution in [0.1, 0.15) is 65.4 Å². The Morgan fingerprint density at radius 1 is 1.22 bits per heavy atom. The van der Waals surface area contributed by atoms with E-state index in [2.05, 4.69) is 37.5 Å². The van der Waals surface area contributed by atoms with E-state index in [1.807, 2.05) is 19.2 Å². The van der Waals surface area contributed by atoms with Gasteiger partial charge in [0, 0.05) is 18.1 Å². The van der Waals surface area contributed by atoms with Crippen LogP contribution in [0.4, 0.5) is 4.39 Å². The smallest absolute Gasteiger partial charge is 0.137 e. The normalized spacial score (nSPS) is 16.3. The van der Waals surface area contributed by atoms with Crippen LogP contribution in [-0.4, -0.2) is 48.4 Å². The fraction of sp³-hybridized carbons (Fsp3) is 0.682. The number of hydrogen-bond donors (Lipinski definition) is 1. The van der Waals surface area contributed by atoms with Crippen molar-refractivity contribution in [1.29, 1.82) is 0 Å². The molecule has 1 rings (SSSR count). The van der Waals surface area contributed by atoms with Crippen LogP contribution >= 0.6 is 0 Å². The lowest BCUT2D eigenvalue weighted by Gasteiger charge is -2.47. The third-order valence-corrected chi connectivity index (χ3v) is 5.58. The van der Waals surface area contributed by atoms with E-state index in [4.69, 9.17) is 5.73 Å². The molecule has 0 spiro atoms. The predicted octanol–water partition coefficient (Wildman–Crippen LogP) is 4.14. The highest BCUT2D eigenvalue weighted by Gasteiger charge is 2.36. The Kier molecular flexibility index (Phi) is 10.1. The first-order valence-corrected chi connectivity index (χ1v) is 10.2. The van der Waals surface area contributed by atoms with E-state index in [-0.39, 0.29) is 11.4 Å². The minimum Gasteiger partial charge on any atom is -0.321 e. The first kappa shape index (κ1) is 23.7. The highest BCUT2D eigenvalue weighted by atomic mass is 19.1. The Hall–Kier alpha value is -1.30. The quantitative estimate of drug-likeness (QED) is 0.318. The van der Waals surface area contributed by atoms with Gasteiger partial charge in [0.15, 0.2) is 0 Å².